The van der Waals surface area contributed by atoms with Crippen molar-refractivity contribution in [2.45, 2.75) is 12.5 Å². The SMILES string of the molecule is COC(=O)C(Cc1ccccc1)NC(=O)COC(=O)c1cccc(Cl)c1Cl. The molecule has 0 spiro atoms. The van der Waals surface area contributed by atoms with Crippen LogP contribution in [-0.4, -0.2) is 37.6 Å². The van der Waals surface area contributed by atoms with E-state index in [0.29, 0.717) is 0 Å². The number of hydrogen-bond acceptors (Lipinski definition) is 5. The van der Waals surface area contributed by atoms with Crippen LogP contribution in [0.4, 0.5) is 0 Å². The van der Waals surface area contributed by atoms with E-state index in [2.05, 4.69) is 5.32 Å². The Morgan fingerprint density at radius 2 is 1.74 bits per heavy atom. The predicted molar refractivity (Wildman–Crippen MR) is 101 cm³/mol. The molecule has 1 atom stereocenters. The molecule has 0 heterocycles. The van der Waals surface area contributed by atoms with Gasteiger partial charge in [0.25, 0.3) is 5.91 Å². The Morgan fingerprint density at radius 3 is 2.41 bits per heavy atom. The number of carbonyl (C=O) groups excluding carboxylic acids is 3. The molecule has 0 aromatic heterocycles. The molecule has 0 aliphatic carbocycles. The number of rotatable bonds is 7. The zero-order valence-corrected chi connectivity index (χ0v) is 15.9. The highest BCUT2D eigenvalue weighted by Crippen LogP contribution is 2.25. The molecule has 2 aromatic carbocycles. The van der Waals surface area contributed by atoms with Crippen LogP contribution in [0.15, 0.2) is 48.5 Å². The van der Waals surface area contributed by atoms with Crippen LogP contribution in [0.5, 0.6) is 0 Å². The van der Waals surface area contributed by atoms with E-state index in [4.69, 9.17) is 32.7 Å². The minimum Gasteiger partial charge on any atom is -0.467 e. The van der Waals surface area contributed by atoms with Gasteiger partial charge in [-0.2, -0.15) is 0 Å². The molecule has 27 heavy (non-hydrogen) atoms. The molecule has 8 heteroatoms. The van der Waals surface area contributed by atoms with Crippen LogP contribution < -0.4 is 5.32 Å². The van der Waals surface area contributed by atoms with Gasteiger partial charge in [-0.25, -0.2) is 9.59 Å². The number of amides is 1. The van der Waals surface area contributed by atoms with Gasteiger partial charge in [-0.3, -0.25) is 4.79 Å². The second-order valence-electron chi connectivity index (χ2n) is 5.51. The highest BCUT2D eigenvalue weighted by Gasteiger charge is 2.23. The van der Waals surface area contributed by atoms with Crippen molar-refractivity contribution in [3.8, 4) is 0 Å². The second-order valence-corrected chi connectivity index (χ2v) is 6.30. The maximum Gasteiger partial charge on any atom is 0.340 e. The van der Waals surface area contributed by atoms with E-state index >= 15 is 0 Å². The van der Waals surface area contributed by atoms with Crippen molar-refractivity contribution < 1.29 is 23.9 Å². The number of ether oxygens (including phenoxy) is 2. The molecule has 0 radical (unpaired) electrons. The van der Waals surface area contributed by atoms with Crippen LogP contribution in [0.25, 0.3) is 0 Å². The van der Waals surface area contributed by atoms with E-state index < -0.39 is 30.5 Å². The largest absolute Gasteiger partial charge is 0.467 e. The molecule has 1 N–H and O–H groups in total. The van der Waals surface area contributed by atoms with Crippen molar-refractivity contribution in [2.75, 3.05) is 13.7 Å². The molecule has 6 nitrogen and oxygen atoms in total. The van der Waals surface area contributed by atoms with Crippen LogP contribution in [0.2, 0.25) is 10.0 Å². The molecular weight excluding hydrogens is 393 g/mol. The summed E-state index contributed by atoms with van der Waals surface area (Å²) < 4.78 is 9.66. The van der Waals surface area contributed by atoms with Crippen LogP contribution >= 0.6 is 23.2 Å². The van der Waals surface area contributed by atoms with Gasteiger partial charge in [0.2, 0.25) is 0 Å². The lowest BCUT2D eigenvalue weighted by Gasteiger charge is -2.16. The first-order valence-corrected chi connectivity index (χ1v) is 8.70. The predicted octanol–water partition coefficient (Wildman–Crippen LogP) is 3.05. The fourth-order valence-corrected chi connectivity index (χ4v) is 2.67. The number of methoxy groups -OCH3 is 1. The molecule has 0 saturated carbocycles. The molecule has 0 aliphatic rings. The summed E-state index contributed by atoms with van der Waals surface area (Å²) in [6, 6.07) is 12.7. The molecule has 0 bridgehead atoms. The van der Waals surface area contributed by atoms with Crippen molar-refractivity contribution >= 4 is 41.0 Å². The summed E-state index contributed by atoms with van der Waals surface area (Å²) in [7, 11) is 1.23. The molecular formula is C19H17Cl2NO5. The summed E-state index contributed by atoms with van der Waals surface area (Å²) in [5, 5.41) is 2.74. The lowest BCUT2D eigenvalue weighted by molar-refractivity contribution is -0.145. The summed E-state index contributed by atoms with van der Waals surface area (Å²) in [6.45, 7) is -0.579. The first-order chi connectivity index (χ1) is 12.9. The topological polar surface area (TPSA) is 81.7 Å². The van der Waals surface area contributed by atoms with E-state index in [1.807, 2.05) is 30.3 Å². The van der Waals surface area contributed by atoms with Crippen molar-refractivity contribution in [3.05, 3.63) is 69.7 Å². The first kappa shape index (κ1) is 20.7. The number of halogens is 2. The summed E-state index contributed by atoms with van der Waals surface area (Å²) in [6.07, 6.45) is 0.243. The van der Waals surface area contributed by atoms with Crippen LogP contribution in [0.3, 0.4) is 0 Å². The number of carbonyl (C=O) groups is 3. The van der Waals surface area contributed by atoms with Gasteiger partial charge in [-0.05, 0) is 17.7 Å². The highest BCUT2D eigenvalue weighted by atomic mass is 35.5. The van der Waals surface area contributed by atoms with Gasteiger partial charge in [0.1, 0.15) is 6.04 Å². The van der Waals surface area contributed by atoms with Crippen molar-refractivity contribution in [1.29, 1.82) is 0 Å². The van der Waals surface area contributed by atoms with E-state index in [0.717, 1.165) is 5.56 Å². The van der Waals surface area contributed by atoms with E-state index in [1.165, 1.54) is 25.3 Å². The third kappa shape index (κ3) is 5.98. The third-order valence-electron chi connectivity index (χ3n) is 3.61. The minimum atomic E-state index is -0.904. The Hall–Kier alpha value is -2.57. The van der Waals surface area contributed by atoms with Gasteiger partial charge in [0.15, 0.2) is 6.61 Å². The number of hydrogen-bond donors (Lipinski definition) is 1. The Labute approximate surface area is 166 Å². The molecule has 2 aromatic rings. The lowest BCUT2D eigenvalue weighted by atomic mass is 10.1. The fraction of sp³-hybridized carbons (Fsp3) is 0.211. The number of nitrogens with one attached hydrogen (secondary N) is 1. The normalized spacial score (nSPS) is 11.4. The Morgan fingerprint density at radius 1 is 1.04 bits per heavy atom. The molecule has 1 unspecified atom stereocenters. The number of esters is 2. The third-order valence-corrected chi connectivity index (χ3v) is 4.43. The average molecular weight is 410 g/mol. The van der Waals surface area contributed by atoms with E-state index in [9.17, 15) is 14.4 Å². The number of benzene rings is 2. The smallest absolute Gasteiger partial charge is 0.340 e. The summed E-state index contributed by atoms with van der Waals surface area (Å²) >= 11 is 11.8. The van der Waals surface area contributed by atoms with Gasteiger partial charge in [-0.1, -0.05) is 59.6 Å². The summed E-state index contributed by atoms with van der Waals surface area (Å²) in [5.74, 6) is -2.04. The standard InChI is InChI=1S/C19H17Cl2NO5/c1-26-19(25)15(10-12-6-3-2-4-7-12)22-16(23)11-27-18(24)13-8-5-9-14(20)17(13)21/h2-9,15H,10-11H2,1H3,(H,22,23). The van der Waals surface area contributed by atoms with Gasteiger partial charge in [-0.15, -0.1) is 0 Å². The molecule has 0 aliphatic heterocycles. The molecule has 0 saturated heterocycles. The van der Waals surface area contributed by atoms with Crippen molar-refractivity contribution in [2.24, 2.45) is 0 Å². The summed E-state index contributed by atoms with van der Waals surface area (Å²) in [5.41, 5.74) is 0.890. The zero-order valence-electron chi connectivity index (χ0n) is 14.4. The molecule has 0 fully saturated rings. The van der Waals surface area contributed by atoms with E-state index in [-0.39, 0.29) is 22.0 Å². The van der Waals surface area contributed by atoms with Crippen molar-refractivity contribution in [1.82, 2.24) is 5.32 Å². The van der Waals surface area contributed by atoms with Crippen LogP contribution in [0, 0.1) is 0 Å². The quantitative estimate of drug-likeness (QED) is 0.710. The lowest BCUT2D eigenvalue weighted by Crippen LogP contribution is -2.44. The van der Waals surface area contributed by atoms with Crippen LogP contribution in [-0.2, 0) is 25.5 Å². The second kappa shape index (κ2) is 9.94. The molecule has 2 rings (SSSR count). The monoisotopic (exact) mass is 409 g/mol. The van der Waals surface area contributed by atoms with Gasteiger partial charge in [0, 0.05) is 6.42 Å². The average Bonchev–Trinajstić information content (AvgIpc) is 2.68. The Bertz CT molecular complexity index is 826. The summed E-state index contributed by atoms with van der Waals surface area (Å²) in [4.78, 5) is 36.1. The maximum atomic E-state index is 12.1. The molecule has 1 amide bonds. The van der Waals surface area contributed by atoms with Crippen LogP contribution in [0.1, 0.15) is 15.9 Å². The Kier molecular flexibility index (Phi) is 7.64. The van der Waals surface area contributed by atoms with Crippen molar-refractivity contribution in [3.63, 3.8) is 0 Å². The zero-order chi connectivity index (χ0) is 19.8. The van der Waals surface area contributed by atoms with E-state index in [1.54, 1.807) is 0 Å². The first-order valence-electron chi connectivity index (χ1n) is 7.94. The maximum absolute atomic E-state index is 12.1. The van der Waals surface area contributed by atoms with Gasteiger partial charge >= 0.3 is 11.9 Å². The molecule has 142 valence electrons. The highest BCUT2D eigenvalue weighted by molar-refractivity contribution is 6.43. The fourth-order valence-electron chi connectivity index (χ4n) is 2.29. The minimum absolute atomic E-state index is 0.0427. The van der Waals surface area contributed by atoms with Gasteiger partial charge < -0.3 is 14.8 Å². The van der Waals surface area contributed by atoms with Gasteiger partial charge in [0.05, 0.1) is 22.7 Å². The Balaban J connectivity index is 1.96.